The van der Waals surface area contributed by atoms with Gasteiger partial charge in [-0.2, -0.15) is 0 Å². The second-order valence-corrected chi connectivity index (χ2v) is 4.09. The van der Waals surface area contributed by atoms with E-state index in [0.717, 1.165) is 0 Å². The van der Waals surface area contributed by atoms with Crippen LogP contribution < -0.4 is 0 Å². The van der Waals surface area contributed by atoms with Crippen molar-refractivity contribution in [3.63, 3.8) is 0 Å². The third-order valence-electron chi connectivity index (χ3n) is 0.815. The average molecular weight is 209 g/mol. The molecule has 0 spiro atoms. The molecule has 0 saturated heterocycles. The highest BCUT2D eigenvalue weighted by Crippen LogP contribution is 2.05. The molecule has 10 heavy (non-hydrogen) atoms. The minimum Gasteiger partial charge on any atom is -0.463 e. The molecule has 0 aliphatic heterocycles. The van der Waals surface area contributed by atoms with Crippen molar-refractivity contribution in [3.8, 4) is 0 Å². The Bertz CT molecular complexity index is 98.2. The van der Waals surface area contributed by atoms with Crippen molar-refractivity contribution in [1.29, 1.82) is 0 Å². The van der Waals surface area contributed by atoms with Crippen LogP contribution in [0.15, 0.2) is 0 Å². The van der Waals surface area contributed by atoms with Crippen LogP contribution in [0.3, 0.4) is 0 Å². The first-order valence-electron chi connectivity index (χ1n) is 3.36. The third-order valence-corrected chi connectivity index (χ3v) is 1.14. The van der Waals surface area contributed by atoms with Crippen molar-refractivity contribution >= 4 is 21.9 Å². The largest absolute Gasteiger partial charge is 0.463 e. The summed E-state index contributed by atoms with van der Waals surface area (Å²) < 4.78 is 4.89. The highest BCUT2D eigenvalue weighted by molar-refractivity contribution is 9.09. The van der Waals surface area contributed by atoms with Gasteiger partial charge in [-0.3, -0.25) is 4.79 Å². The fraction of sp³-hybridized carbons (Fsp3) is 0.857. The number of halogens is 1. The summed E-state index contributed by atoms with van der Waals surface area (Å²) >= 11 is 3.26. The summed E-state index contributed by atoms with van der Waals surface area (Å²) in [7, 11) is 0. The molecule has 0 aromatic rings. The first-order valence-corrected chi connectivity index (χ1v) is 4.27. The molecule has 1 unspecified atom stereocenters. The Balaban J connectivity index is 3.44. The fourth-order valence-corrected chi connectivity index (χ4v) is 0.805. The SMILES string of the molecule is CC(Br)CC(=O)OC(C)C. The highest BCUT2D eigenvalue weighted by Gasteiger charge is 2.07. The minimum absolute atomic E-state index is 0.00116. The zero-order valence-corrected chi connectivity index (χ0v) is 8.14. The first kappa shape index (κ1) is 9.95. The minimum atomic E-state index is -0.139. The molecule has 0 rings (SSSR count). The highest BCUT2D eigenvalue weighted by atomic mass is 79.9. The Kier molecular flexibility index (Phi) is 4.69. The molecule has 0 saturated carbocycles. The third kappa shape index (κ3) is 6.08. The first-order chi connectivity index (χ1) is 4.52. The molecule has 0 bridgehead atoms. The molecule has 0 aromatic carbocycles. The van der Waals surface area contributed by atoms with E-state index >= 15 is 0 Å². The summed E-state index contributed by atoms with van der Waals surface area (Å²) in [5, 5.41) is 0. The van der Waals surface area contributed by atoms with Gasteiger partial charge >= 0.3 is 5.97 Å². The van der Waals surface area contributed by atoms with Crippen molar-refractivity contribution < 1.29 is 9.53 Å². The number of rotatable bonds is 3. The van der Waals surface area contributed by atoms with Crippen LogP contribution in [0.1, 0.15) is 27.2 Å². The lowest BCUT2D eigenvalue weighted by Crippen LogP contribution is -2.13. The van der Waals surface area contributed by atoms with Crippen LogP contribution in [-0.4, -0.2) is 16.9 Å². The topological polar surface area (TPSA) is 26.3 Å². The van der Waals surface area contributed by atoms with Gasteiger partial charge in [0.05, 0.1) is 12.5 Å². The molecular formula is C7H13BrO2. The van der Waals surface area contributed by atoms with Gasteiger partial charge in [0.15, 0.2) is 0 Å². The van der Waals surface area contributed by atoms with E-state index in [1.807, 2.05) is 20.8 Å². The smallest absolute Gasteiger partial charge is 0.307 e. The zero-order valence-electron chi connectivity index (χ0n) is 6.56. The Morgan fingerprint density at radius 2 is 2.00 bits per heavy atom. The zero-order chi connectivity index (χ0) is 8.15. The van der Waals surface area contributed by atoms with E-state index in [1.54, 1.807) is 0 Å². The monoisotopic (exact) mass is 208 g/mol. The average Bonchev–Trinajstić information content (AvgIpc) is 1.58. The Hall–Kier alpha value is -0.0500. The van der Waals surface area contributed by atoms with Crippen LogP contribution in [0.25, 0.3) is 0 Å². The molecule has 0 heterocycles. The summed E-state index contributed by atoms with van der Waals surface area (Å²) in [6, 6.07) is 0. The Morgan fingerprint density at radius 1 is 1.50 bits per heavy atom. The van der Waals surface area contributed by atoms with E-state index in [9.17, 15) is 4.79 Å². The number of esters is 1. The van der Waals surface area contributed by atoms with Gasteiger partial charge in [-0.05, 0) is 13.8 Å². The van der Waals surface area contributed by atoms with Crippen molar-refractivity contribution in [3.05, 3.63) is 0 Å². The fourth-order valence-electron chi connectivity index (χ4n) is 0.541. The Morgan fingerprint density at radius 3 is 2.30 bits per heavy atom. The van der Waals surface area contributed by atoms with Gasteiger partial charge in [-0.25, -0.2) is 0 Å². The van der Waals surface area contributed by atoms with Gasteiger partial charge in [0, 0.05) is 4.83 Å². The van der Waals surface area contributed by atoms with Gasteiger partial charge < -0.3 is 4.74 Å². The van der Waals surface area contributed by atoms with Gasteiger partial charge in [-0.1, -0.05) is 22.9 Å². The number of carbonyl (C=O) groups excluding carboxylic acids is 1. The van der Waals surface area contributed by atoms with Crippen LogP contribution in [0.5, 0.6) is 0 Å². The van der Waals surface area contributed by atoms with E-state index in [2.05, 4.69) is 15.9 Å². The van der Waals surface area contributed by atoms with Gasteiger partial charge in [0.25, 0.3) is 0 Å². The van der Waals surface area contributed by atoms with Gasteiger partial charge in [-0.15, -0.1) is 0 Å². The molecule has 60 valence electrons. The summed E-state index contributed by atoms with van der Waals surface area (Å²) in [6.07, 6.45) is 0.441. The molecule has 0 aromatic heterocycles. The maximum atomic E-state index is 10.8. The molecule has 3 heteroatoms. The molecule has 0 aliphatic carbocycles. The predicted octanol–water partition coefficient (Wildman–Crippen LogP) is 2.11. The molecule has 0 radical (unpaired) electrons. The Labute approximate surface area is 70.1 Å². The maximum absolute atomic E-state index is 10.8. The van der Waals surface area contributed by atoms with Crippen LogP contribution >= 0.6 is 15.9 Å². The standard InChI is InChI=1S/C7H13BrO2/c1-5(2)10-7(9)4-6(3)8/h5-6H,4H2,1-3H3. The lowest BCUT2D eigenvalue weighted by atomic mass is 10.3. The second kappa shape index (κ2) is 4.72. The molecule has 0 aliphatic rings. The van der Waals surface area contributed by atoms with Crippen LogP contribution in [0.4, 0.5) is 0 Å². The molecule has 1 atom stereocenters. The van der Waals surface area contributed by atoms with Gasteiger partial charge in [0.1, 0.15) is 0 Å². The number of hydrogen-bond acceptors (Lipinski definition) is 2. The van der Waals surface area contributed by atoms with E-state index in [1.165, 1.54) is 0 Å². The lowest BCUT2D eigenvalue weighted by Gasteiger charge is -2.07. The second-order valence-electron chi connectivity index (χ2n) is 2.52. The van der Waals surface area contributed by atoms with E-state index in [4.69, 9.17) is 4.74 Å². The van der Waals surface area contributed by atoms with Crippen molar-refractivity contribution in [2.24, 2.45) is 0 Å². The molecule has 0 amide bonds. The van der Waals surface area contributed by atoms with Gasteiger partial charge in [0.2, 0.25) is 0 Å². The maximum Gasteiger partial charge on any atom is 0.307 e. The molecule has 0 fully saturated rings. The van der Waals surface area contributed by atoms with Crippen LogP contribution in [-0.2, 0) is 9.53 Å². The van der Waals surface area contributed by atoms with Crippen molar-refractivity contribution in [2.75, 3.05) is 0 Å². The van der Waals surface area contributed by atoms with Crippen molar-refractivity contribution in [1.82, 2.24) is 0 Å². The molecular weight excluding hydrogens is 196 g/mol. The van der Waals surface area contributed by atoms with E-state index in [0.29, 0.717) is 6.42 Å². The van der Waals surface area contributed by atoms with Crippen molar-refractivity contribution in [2.45, 2.75) is 38.1 Å². The normalized spacial score (nSPS) is 13.3. The quantitative estimate of drug-likeness (QED) is 0.525. The summed E-state index contributed by atoms with van der Waals surface area (Å²) in [4.78, 5) is 11.0. The number of ether oxygens (including phenoxy) is 1. The summed E-state index contributed by atoms with van der Waals surface area (Å²) in [5.41, 5.74) is 0. The van der Waals surface area contributed by atoms with Crippen LogP contribution in [0, 0.1) is 0 Å². The van der Waals surface area contributed by atoms with E-state index < -0.39 is 0 Å². The number of hydrogen-bond donors (Lipinski definition) is 0. The number of alkyl halides is 1. The lowest BCUT2D eigenvalue weighted by molar-refractivity contribution is -0.147. The van der Waals surface area contributed by atoms with Crippen LogP contribution in [0.2, 0.25) is 0 Å². The predicted molar refractivity (Wildman–Crippen MR) is 44.2 cm³/mol. The number of carbonyl (C=O) groups is 1. The summed E-state index contributed by atoms with van der Waals surface area (Å²) in [5.74, 6) is -0.139. The summed E-state index contributed by atoms with van der Waals surface area (Å²) in [6.45, 7) is 5.61. The molecule has 2 nitrogen and oxygen atoms in total. The van der Waals surface area contributed by atoms with E-state index in [-0.39, 0.29) is 16.9 Å². The molecule has 0 N–H and O–H groups in total.